The Morgan fingerprint density at radius 1 is 1.50 bits per heavy atom. The van der Waals surface area contributed by atoms with E-state index in [9.17, 15) is 0 Å². The molecule has 0 bridgehead atoms. The van der Waals surface area contributed by atoms with E-state index in [1.165, 1.54) is 5.75 Å². The number of hydrogen-bond donors (Lipinski definition) is 1. The second kappa shape index (κ2) is 4.17. The number of hydrogen-bond acceptors (Lipinski definition) is 3. The normalized spacial score (nSPS) is 30.2. The maximum atomic E-state index is 4.57. The number of nitrogens with zero attached hydrogens (tertiary/aromatic N) is 1. The number of nitrogens with one attached hydrogen (secondary N) is 1. The highest BCUT2D eigenvalue weighted by Gasteiger charge is 2.18. The molecule has 0 fully saturated rings. The first kappa shape index (κ1) is 9.90. The van der Waals surface area contributed by atoms with Gasteiger partial charge < -0.3 is 5.32 Å². The van der Waals surface area contributed by atoms with Gasteiger partial charge in [-0.2, -0.15) is 0 Å². The highest BCUT2D eigenvalue weighted by molar-refractivity contribution is 8.13. The lowest BCUT2D eigenvalue weighted by Gasteiger charge is -2.24. The highest BCUT2D eigenvalue weighted by atomic mass is 32.2. The summed E-state index contributed by atoms with van der Waals surface area (Å²) in [5.74, 6) is 1.91. The Morgan fingerprint density at radius 3 is 2.67 bits per heavy atom. The number of amidine groups is 1. The molecular formula is C9H18N2S. The summed E-state index contributed by atoms with van der Waals surface area (Å²) in [6.45, 7) is 8.73. The van der Waals surface area contributed by atoms with Gasteiger partial charge in [-0.05, 0) is 26.7 Å². The number of thioether (sulfide) groups is 1. The molecule has 1 rings (SSSR count). The molecule has 70 valence electrons. The second-order valence-electron chi connectivity index (χ2n) is 3.76. The van der Waals surface area contributed by atoms with Crippen molar-refractivity contribution in [3.8, 4) is 0 Å². The van der Waals surface area contributed by atoms with Crippen LogP contribution in [0.25, 0.3) is 0 Å². The van der Waals surface area contributed by atoms with Gasteiger partial charge in [-0.1, -0.05) is 18.7 Å². The fraction of sp³-hybridized carbons (Fsp3) is 0.889. The zero-order valence-electron chi connectivity index (χ0n) is 8.29. The van der Waals surface area contributed by atoms with Crippen molar-refractivity contribution in [2.75, 3.05) is 5.75 Å². The third-order valence-electron chi connectivity index (χ3n) is 2.04. The van der Waals surface area contributed by atoms with Crippen LogP contribution in [0, 0.1) is 5.92 Å². The summed E-state index contributed by atoms with van der Waals surface area (Å²) in [5.41, 5.74) is 0. The average molecular weight is 186 g/mol. The Bertz CT molecular complexity index is 177. The predicted octanol–water partition coefficient (Wildman–Crippen LogP) is 2.11. The number of aliphatic imine (C=N–C) groups is 1. The molecular weight excluding hydrogens is 168 g/mol. The largest absolute Gasteiger partial charge is 0.363 e. The molecule has 1 aliphatic heterocycles. The zero-order valence-corrected chi connectivity index (χ0v) is 9.11. The summed E-state index contributed by atoms with van der Waals surface area (Å²) in [7, 11) is 0. The van der Waals surface area contributed by atoms with Gasteiger partial charge in [-0.15, -0.1) is 0 Å². The van der Waals surface area contributed by atoms with Crippen LogP contribution in [-0.4, -0.2) is 23.0 Å². The third-order valence-corrected chi connectivity index (χ3v) is 3.23. The maximum Gasteiger partial charge on any atom is 0.157 e. The van der Waals surface area contributed by atoms with E-state index in [0.29, 0.717) is 18.0 Å². The van der Waals surface area contributed by atoms with Crippen LogP contribution in [0.4, 0.5) is 0 Å². The summed E-state index contributed by atoms with van der Waals surface area (Å²) in [6, 6.07) is 0.976. The van der Waals surface area contributed by atoms with Gasteiger partial charge in [0.2, 0.25) is 0 Å². The van der Waals surface area contributed by atoms with Gasteiger partial charge in [0.25, 0.3) is 0 Å². The van der Waals surface area contributed by atoms with Crippen LogP contribution in [-0.2, 0) is 0 Å². The van der Waals surface area contributed by atoms with Crippen molar-refractivity contribution in [3.05, 3.63) is 0 Å². The van der Waals surface area contributed by atoms with Crippen LogP contribution >= 0.6 is 11.8 Å². The van der Waals surface area contributed by atoms with E-state index in [2.05, 4.69) is 38.0 Å². The Hall–Kier alpha value is -0.180. The van der Waals surface area contributed by atoms with E-state index in [-0.39, 0.29) is 0 Å². The molecule has 0 aromatic heterocycles. The molecule has 0 saturated carbocycles. The molecule has 0 radical (unpaired) electrons. The van der Waals surface area contributed by atoms with Gasteiger partial charge in [0.1, 0.15) is 0 Å². The molecule has 0 saturated heterocycles. The minimum atomic E-state index is 0.479. The lowest BCUT2D eigenvalue weighted by Crippen LogP contribution is -2.33. The van der Waals surface area contributed by atoms with Crippen LogP contribution in [0.15, 0.2) is 4.99 Å². The van der Waals surface area contributed by atoms with Gasteiger partial charge in [-0.3, -0.25) is 4.99 Å². The van der Waals surface area contributed by atoms with Crippen LogP contribution in [0.1, 0.15) is 27.7 Å². The fourth-order valence-electron chi connectivity index (χ4n) is 1.02. The molecule has 0 aliphatic carbocycles. The zero-order chi connectivity index (χ0) is 9.14. The van der Waals surface area contributed by atoms with E-state index in [1.54, 1.807) is 0 Å². The van der Waals surface area contributed by atoms with Gasteiger partial charge in [-0.25, -0.2) is 0 Å². The van der Waals surface area contributed by atoms with E-state index in [0.717, 1.165) is 5.17 Å². The topological polar surface area (TPSA) is 24.4 Å². The minimum Gasteiger partial charge on any atom is -0.363 e. The molecule has 2 nitrogen and oxygen atoms in total. The summed E-state index contributed by atoms with van der Waals surface area (Å²) in [6.07, 6.45) is 0. The van der Waals surface area contributed by atoms with Gasteiger partial charge >= 0.3 is 0 Å². The Balaban J connectivity index is 2.50. The van der Waals surface area contributed by atoms with Crippen LogP contribution in [0.2, 0.25) is 0 Å². The first-order valence-corrected chi connectivity index (χ1v) is 5.55. The van der Waals surface area contributed by atoms with Crippen molar-refractivity contribution in [2.24, 2.45) is 10.9 Å². The predicted molar refractivity (Wildman–Crippen MR) is 56.8 cm³/mol. The Kier molecular flexibility index (Phi) is 3.44. The molecule has 3 heteroatoms. The molecule has 12 heavy (non-hydrogen) atoms. The van der Waals surface area contributed by atoms with E-state index in [4.69, 9.17) is 0 Å². The Labute approximate surface area is 79.2 Å². The molecule has 0 aromatic carbocycles. The standard InChI is InChI=1S/C9H18N2S/c1-6(2)10-9-11-8(4)7(3)5-12-9/h6-8H,5H2,1-4H3,(H,10,11). The lowest BCUT2D eigenvalue weighted by atomic mass is 10.1. The van der Waals surface area contributed by atoms with E-state index < -0.39 is 0 Å². The summed E-state index contributed by atoms with van der Waals surface area (Å²) < 4.78 is 0. The van der Waals surface area contributed by atoms with Gasteiger partial charge in [0.15, 0.2) is 5.17 Å². The average Bonchev–Trinajstić information content (AvgIpc) is 1.96. The van der Waals surface area contributed by atoms with Crippen molar-refractivity contribution >= 4 is 16.9 Å². The van der Waals surface area contributed by atoms with Gasteiger partial charge in [0.05, 0.1) is 6.04 Å². The fourth-order valence-corrected chi connectivity index (χ4v) is 2.28. The van der Waals surface area contributed by atoms with Crippen LogP contribution < -0.4 is 5.32 Å². The first-order valence-electron chi connectivity index (χ1n) is 4.56. The van der Waals surface area contributed by atoms with Crippen molar-refractivity contribution in [1.29, 1.82) is 0 Å². The molecule has 1 heterocycles. The van der Waals surface area contributed by atoms with Crippen LogP contribution in [0.3, 0.4) is 0 Å². The summed E-state index contributed by atoms with van der Waals surface area (Å²) >= 11 is 1.84. The first-order chi connectivity index (χ1) is 5.59. The summed E-state index contributed by atoms with van der Waals surface area (Å²) in [5, 5.41) is 4.47. The smallest absolute Gasteiger partial charge is 0.157 e. The van der Waals surface area contributed by atoms with Crippen molar-refractivity contribution in [3.63, 3.8) is 0 Å². The highest BCUT2D eigenvalue weighted by Crippen LogP contribution is 2.21. The lowest BCUT2D eigenvalue weighted by molar-refractivity contribution is 0.532. The minimum absolute atomic E-state index is 0.479. The Morgan fingerprint density at radius 2 is 2.17 bits per heavy atom. The molecule has 2 atom stereocenters. The van der Waals surface area contributed by atoms with Crippen molar-refractivity contribution in [2.45, 2.75) is 39.8 Å². The van der Waals surface area contributed by atoms with E-state index >= 15 is 0 Å². The summed E-state index contributed by atoms with van der Waals surface area (Å²) in [4.78, 5) is 4.57. The quantitative estimate of drug-likeness (QED) is 0.678. The molecule has 0 aromatic rings. The number of rotatable bonds is 1. The second-order valence-corrected chi connectivity index (χ2v) is 4.77. The maximum absolute atomic E-state index is 4.57. The molecule has 1 N–H and O–H groups in total. The SMILES string of the molecule is CC(C)NC1=NC(C)C(C)CS1. The van der Waals surface area contributed by atoms with E-state index in [1.807, 2.05) is 11.8 Å². The van der Waals surface area contributed by atoms with Crippen molar-refractivity contribution in [1.82, 2.24) is 5.32 Å². The van der Waals surface area contributed by atoms with Crippen molar-refractivity contribution < 1.29 is 0 Å². The third kappa shape index (κ3) is 2.70. The van der Waals surface area contributed by atoms with Crippen LogP contribution in [0.5, 0.6) is 0 Å². The monoisotopic (exact) mass is 186 g/mol. The molecule has 0 amide bonds. The molecule has 1 aliphatic rings. The molecule has 2 unspecified atom stereocenters. The van der Waals surface area contributed by atoms with Gasteiger partial charge in [0, 0.05) is 11.8 Å². The molecule has 0 spiro atoms.